The molecule has 0 atom stereocenters. The first-order chi connectivity index (χ1) is 28.2. The first-order valence-corrected chi connectivity index (χ1v) is 23.0. The summed E-state index contributed by atoms with van der Waals surface area (Å²) in [5.74, 6) is 0.824. The summed E-state index contributed by atoms with van der Waals surface area (Å²) in [4.78, 5) is 2.23. The smallest absolute Gasteiger partial charge is 0.744 e. The molecule has 5 aromatic carbocycles. The van der Waals surface area contributed by atoms with Crippen molar-refractivity contribution in [2.45, 2.75) is 57.5 Å². The molecular weight excluding hydrogens is 802 g/mol. The van der Waals surface area contributed by atoms with E-state index in [0.717, 1.165) is 79.6 Å². The van der Waals surface area contributed by atoms with Crippen LogP contribution in [0, 0.1) is 6.92 Å². The van der Waals surface area contributed by atoms with E-state index in [-0.39, 0.29) is 34.5 Å². The fourth-order valence-corrected chi connectivity index (χ4v) is 8.51. The van der Waals surface area contributed by atoms with Gasteiger partial charge in [-0.3, -0.25) is 0 Å². The van der Waals surface area contributed by atoms with Crippen molar-refractivity contribution in [1.82, 2.24) is 0 Å². The number of rotatable bonds is 15. The van der Waals surface area contributed by atoms with Gasteiger partial charge in [0.25, 0.3) is 0 Å². The number of anilines is 3. The number of ether oxygens (including phenoxy) is 1. The molecule has 60 heavy (non-hydrogen) atoms. The van der Waals surface area contributed by atoms with E-state index >= 15 is 0 Å². The summed E-state index contributed by atoms with van der Waals surface area (Å²) >= 11 is 0. The van der Waals surface area contributed by atoms with Gasteiger partial charge in [-0.05, 0) is 152 Å². The fourth-order valence-electron chi connectivity index (χ4n) is 7.28. The van der Waals surface area contributed by atoms with Gasteiger partial charge >= 0.3 is 29.6 Å². The second kappa shape index (κ2) is 20.2. The molecule has 0 amide bonds. The van der Waals surface area contributed by atoms with Crippen molar-refractivity contribution in [3.8, 4) is 5.75 Å². The first-order valence-electron chi connectivity index (χ1n) is 19.7. The molecular formula is C48H51N3NaO6S2+. The van der Waals surface area contributed by atoms with Gasteiger partial charge in [0.1, 0.15) is 22.4 Å². The molecule has 9 nitrogen and oxygen atoms in total. The van der Waals surface area contributed by atoms with Crippen molar-refractivity contribution in [1.29, 1.82) is 0 Å². The Labute approximate surface area is 377 Å². The van der Waals surface area contributed by atoms with E-state index in [2.05, 4.69) is 96.3 Å². The first kappa shape index (κ1) is 46.3. The molecule has 0 saturated heterocycles. The second-order valence-corrected chi connectivity index (χ2v) is 18.0. The molecule has 1 aliphatic carbocycles. The Morgan fingerprint density at radius 1 is 0.767 bits per heavy atom. The van der Waals surface area contributed by atoms with E-state index in [4.69, 9.17) is 4.74 Å². The Kier molecular flexibility index (Phi) is 15.6. The molecule has 0 saturated carbocycles. The second-order valence-electron chi connectivity index (χ2n) is 14.6. The van der Waals surface area contributed by atoms with Crippen LogP contribution in [0.2, 0.25) is 0 Å². The Balaban J connectivity index is 0.00000683. The standard InChI is InChI=1S/C48H51N3O6S2.Na/c1-7-50(32-36-12-10-14-44(30-36)58(6,52)53)41-22-26-46(34(4)28-41)48(38-16-18-39(19-17-38)49-40-20-24-43(25-21-40)57-9-3)47-27-23-42(29-35(47)5)51(8-2)33-37-13-11-15-45(31-37)59(54,55)56;/h10-31H,7-9,32-33H2,1-6H3,(H,54,55,56);/q;+1. The molecule has 1 aliphatic rings. The molecule has 306 valence electrons. The molecule has 5 aromatic rings. The number of benzene rings is 5. The molecule has 12 heteroatoms. The molecule has 0 fully saturated rings. The van der Waals surface area contributed by atoms with Gasteiger partial charge < -0.3 is 19.5 Å². The van der Waals surface area contributed by atoms with Crippen LogP contribution in [0.4, 0.5) is 17.1 Å². The predicted octanol–water partition coefficient (Wildman–Crippen LogP) is 6.47. The summed E-state index contributed by atoms with van der Waals surface area (Å²) in [5, 5.41) is 3.50. The van der Waals surface area contributed by atoms with Crippen LogP contribution in [0.15, 0.2) is 154 Å². The molecule has 0 spiro atoms. The summed E-state index contributed by atoms with van der Waals surface area (Å²) in [6.07, 6.45) is 7.73. The predicted molar refractivity (Wildman–Crippen MR) is 238 cm³/mol. The van der Waals surface area contributed by atoms with Crippen molar-refractivity contribution in [2.75, 3.05) is 36.2 Å². The Morgan fingerprint density at radius 2 is 1.40 bits per heavy atom. The van der Waals surface area contributed by atoms with Crippen LogP contribution in [-0.4, -0.2) is 57.6 Å². The van der Waals surface area contributed by atoms with Crippen molar-refractivity contribution >= 4 is 48.3 Å². The minimum Gasteiger partial charge on any atom is -0.744 e. The average molecular weight is 853 g/mol. The Hall–Kier alpha value is -4.75. The minimum atomic E-state index is -4.57. The normalized spacial score (nSPS) is 14.5. The van der Waals surface area contributed by atoms with Crippen LogP contribution < -0.4 is 44.5 Å². The van der Waals surface area contributed by atoms with Crippen molar-refractivity contribution in [2.24, 2.45) is 0 Å². The SMILES string of the molecule is CCOc1ccc(Nc2ccc(/C(=C3\C=CC(=[N+](CC)Cc4cccc(S(C)(=O)=O)c4)C=C3C)c3ccc(N(CC)Cc4cccc(S(=O)(=O)[O-])c4)cc3C)cc2)cc1.[Na+]. The topological polar surface area (TPSA) is 119 Å². The molecule has 0 heterocycles. The van der Waals surface area contributed by atoms with Gasteiger partial charge in [0.15, 0.2) is 22.1 Å². The maximum atomic E-state index is 12.3. The molecule has 0 aliphatic heterocycles. The third-order valence-electron chi connectivity index (χ3n) is 10.3. The van der Waals surface area contributed by atoms with Gasteiger partial charge in [-0.15, -0.1) is 0 Å². The summed E-state index contributed by atoms with van der Waals surface area (Å²) in [6, 6.07) is 36.1. The number of hydrogen-bond acceptors (Lipinski definition) is 8. The summed E-state index contributed by atoms with van der Waals surface area (Å²) in [5.41, 5.74) is 12.0. The third kappa shape index (κ3) is 11.5. The fraction of sp³-hybridized carbons (Fsp3) is 0.229. The molecule has 6 rings (SSSR count). The average Bonchev–Trinajstić information content (AvgIpc) is 3.21. The summed E-state index contributed by atoms with van der Waals surface area (Å²) in [7, 11) is -7.89. The quantitative estimate of drug-likeness (QED) is 0.0725. The van der Waals surface area contributed by atoms with Crippen LogP contribution >= 0.6 is 0 Å². The molecule has 0 unspecified atom stereocenters. The number of allylic oxidation sites excluding steroid dienone is 5. The van der Waals surface area contributed by atoms with Crippen molar-refractivity contribution in [3.63, 3.8) is 0 Å². The van der Waals surface area contributed by atoms with E-state index in [9.17, 15) is 21.4 Å². The Bertz CT molecular complexity index is 2690. The zero-order chi connectivity index (χ0) is 42.3. The van der Waals surface area contributed by atoms with E-state index < -0.39 is 20.0 Å². The van der Waals surface area contributed by atoms with E-state index in [0.29, 0.717) is 31.1 Å². The molecule has 0 bridgehead atoms. The third-order valence-corrected chi connectivity index (χ3v) is 12.3. The van der Waals surface area contributed by atoms with E-state index in [1.54, 1.807) is 24.3 Å². The number of aryl methyl sites for hydroxylation is 1. The van der Waals surface area contributed by atoms with Crippen LogP contribution in [0.3, 0.4) is 0 Å². The van der Waals surface area contributed by atoms with E-state index in [1.165, 1.54) is 18.4 Å². The number of nitrogens with one attached hydrogen (secondary N) is 1. The summed E-state index contributed by atoms with van der Waals surface area (Å²) < 4.78 is 67.6. The maximum absolute atomic E-state index is 12.3. The van der Waals surface area contributed by atoms with E-state index in [1.807, 2.05) is 50.2 Å². The van der Waals surface area contributed by atoms with Gasteiger partial charge in [-0.25, -0.2) is 21.4 Å². The van der Waals surface area contributed by atoms with Crippen LogP contribution in [0.1, 0.15) is 55.5 Å². The van der Waals surface area contributed by atoms with Crippen LogP contribution in [-0.2, 0) is 33.0 Å². The van der Waals surface area contributed by atoms with Crippen LogP contribution in [0.5, 0.6) is 5.75 Å². The number of hydrogen-bond donors (Lipinski definition) is 1. The van der Waals surface area contributed by atoms with Gasteiger partial charge in [0, 0.05) is 54.1 Å². The monoisotopic (exact) mass is 852 g/mol. The molecule has 1 N–H and O–H groups in total. The largest absolute Gasteiger partial charge is 1.00 e. The maximum Gasteiger partial charge on any atom is 1.00 e. The zero-order valence-electron chi connectivity index (χ0n) is 35.4. The Morgan fingerprint density at radius 3 is 1.98 bits per heavy atom. The van der Waals surface area contributed by atoms with Gasteiger partial charge in [-0.2, -0.15) is 0 Å². The minimum absolute atomic E-state index is 0. The molecule has 0 radical (unpaired) electrons. The summed E-state index contributed by atoms with van der Waals surface area (Å²) in [6.45, 7) is 13.3. The zero-order valence-corrected chi connectivity index (χ0v) is 39.0. The van der Waals surface area contributed by atoms with Gasteiger partial charge in [-0.1, -0.05) is 42.5 Å². The molecule has 0 aromatic heterocycles. The van der Waals surface area contributed by atoms with Crippen molar-refractivity contribution in [3.05, 3.63) is 172 Å². The van der Waals surface area contributed by atoms with Crippen molar-refractivity contribution < 1.29 is 60.3 Å². The van der Waals surface area contributed by atoms with Gasteiger partial charge in [0.05, 0.1) is 16.4 Å². The number of sulfone groups is 1. The number of nitrogens with zero attached hydrogens (tertiary/aromatic N) is 2. The van der Waals surface area contributed by atoms with Gasteiger partial charge in [0.2, 0.25) is 0 Å². The van der Waals surface area contributed by atoms with Crippen LogP contribution in [0.25, 0.3) is 5.57 Å².